The summed E-state index contributed by atoms with van der Waals surface area (Å²) >= 11 is 0. The highest BCUT2D eigenvalue weighted by Crippen LogP contribution is 2.34. The number of benzene rings is 2. The van der Waals surface area contributed by atoms with E-state index in [2.05, 4.69) is 10.5 Å². The monoisotopic (exact) mass is 333 g/mol. The van der Waals surface area contributed by atoms with Crippen LogP contribution in [0.4, 0.5) is 22.0 Å². The summed E-state index contributed by atoms with van der Waals surface area (Å²) < 4.78 is 68.8. The summed E-state index contributed by atoms with van der Waals surface area (Å²) in [5.41, 5.74) is 4.39. The van der Waals surface area contributed by atoms with Crippen LogP contribution in [-0.2, 0) is 4.74 Å². The first-order chi connectivity index (χ1) is 10.6. The number of rotatable bonds is 4. The molecule has 0 aliphatic carbocycles. The van der Waals surface area contributed by atoms with Crippen molar-refractivity contribution >= 4 is 16.7 Å². The highest BCUT2D eigenvalue weighted by Gasteiger charge is 2.58. The number of fused-ring (bicyclic) bond motifs is 1. The van der Waals surface area contributed by atoms with Crippen molar-refractivity contribution in [3.63, 3.8) is 0 Å². The third-order valence-electron chi connectivity index (χ3n) is 3.16. The number of alkyl halides is 5. The molecule has 0 bridgehead atoms. The van der Waals surface area contributed by atoms with E-state index in [9.17, 15) is 26.7 Å². The van der Waals surface area contributed by atoms with Crippen molar-refractivity contribution in [2.45, 2.75) is 18.2 Å². The Labute approximate surface area is 127 Å². The van der Waals surface area contributed by atoms with Crippen LogP contribution in [0.1, 0.15) is 10.4 Å². The van der Waals surface area contributed by atoms with Crippen LogP contribution >= 0.6 is 0 Å². The van der Waals surface area contributed by atoms with E-state index in [4.69, 9.17) is 0 Å². The Morgan fingerprint density at radius 1 is 1.04 bits per heavy atom. The Hall–Kier alpha value is -2.22. The normalized spacial score (nSPS) is 13.8. The number of halogens is 5. The van der Waals surface area contributed by atoms with Gasteiger partial charge in [0.25, 0.3) is 6.10 Å². The number of ether oxygens (including phenoxy) is 1. The summed E-state index contributed by atoms with van der Waals surface area (Å²) in [5.74, 6) is -5.91. The number of carbonyl (C=O) groups excluding carboxylic acids is 1. The van der Waals surface area contributed by atoms with Gasteiger partial charge in [0.05, 0.1) is 12.1 Å². The molecule has 124 valence electrons. The van der Waals surface area contributed by atoms with Gasteiger partial charge in [0.15, 0.2) is 0 Å². The molecule has 0 fully saturated rings. The maximum Gasteiger partial charge on any atom is 0.431 e. The zero-order chi connectivity index (χ0) is 17.3. The SMILES string of the molecule is NCC(F)(F)C(OC(=O)c1ccc2ccccc2c1)C(F)(F)F. The molecule has 23 heavy (non-hydrogen) atoms. The Bertz CT molecular complexity index is 714. The largest absolute Gasteiger partial charge is 0.442 e. The minimum atomic E-state index is -5.44. The first-order valence-corrected chi connectivity index (χ1v) is 6.49. The van der Waals surface area contributed by atoms with E-state index >= 15 is 0 Å². The summed E-state index contributed by atoms with van der Waals surface area (Å²) in [6, 6.07) is 10.7. The molecule has 0 saturated heterocycles. The number of hydrogen-bond donors (Lipinski definition) is 1. The predicted octanol–water partition coefficient (Wildman–Crippen LogP) is 3.52. The van der Waals surface area contributed by atoms with Crippen LogP contribution in [-0.4, -0.2) is 30.7 Å². The highest BCUT2D eigenvalue weighted by atomic mass is 19.4. The van der Waals surface area contributed by atoms with Crippen molar-refractivity contribution in [2.24, 2.45) is 5.73 Å². The summed E-state index contributed by atoms with van der Waals surface area (Å²) in [7, 11) is 0. The quantitative estimate of drug-likeness (QED) is 0.688. The van der Waals surface area contributed by atoms with Crippen molar-refractivity contribution < 1.29 is 31.5 Å². The summed E-state index contributed by atoms with van der Waals surface area (Å²) in [6.45, 7) is -1.60. The molecule has 2 aromatic carbocycles. The lowest BCUT2D eigenvalue weighted by Crippen LogP contribution is -2.51. The van der Waals surface area contributed by atoms with Gasteiger partial charge in [-0.25, -0.2) is 13.6 Å². The van der Waals surface area contributed by atoms with E-state index in [1.54, 1.807) is 24.3 Å². The molecule has 2 rings (SSSR count). The molecular formula is C15H12F5NO2. The average Bonchev–Trinajstić information content (AvgIpc) is 2.50. The van der Waals surface area contributed by atoms with Gasteiger partial charge in [-0.1, -0.05) is 30.3 Å². The second-order valence-electron chi connectivity index (χ2n) is 4.85. The van der Waals surface area contributed by atoms with Crippen LogP contribution in [0.2, 0.25) is 0 Å². The molecule has 0 spiro atoms. The molecule has 2 N–H and O–H groups in total. The Morgan fingerprint density at radius 2 is 1.65 bits per heavy atom. The van der Waals surface area contributed by atoms with Crippen LogP contribution in [0.5, 0.6) is 0 Å². The number of nitrogens with two attached hydrogens (primary N) is 1. The molecule has 2 aromatic rings. The van der Waals surface area contributed by atoms with Crippen molar-refractivity contribution in [2.75, 3.05) is 6.54 Å². The van der Waals surface area contributed by atoms with Gasteiger partial charge < -0.3 is 10.5 Å². The molecular weight excluding hydrogens is 321 g/mol. The van der Waals surface area contributed by atoms with E-state index in [0.717, 1.165) is 5.39 Å². The Balaban J connectivity index is 2.30. The van der Waals surface area contributed by atoms with E-state index < -0.39 is 30.7 Å². The molecule has 0 aliphatic rings. The first kappa shape index (κ1) is 17.1. The van der Waals surface area contributed by atoms with Crippen molar-refractivity contribution in [1.82, 2.24) is 0 Å². The fourth-order valence-corrected chi connectivity index (χ4v) is 1.99. The van der Waals surface area contributed by atoms with Crippen molar-refractivity contribution in [1.29, 1.82) is 0 Å². The zero-order valence-corrected chi connectivity index (χ0v) is 11.6. The van der Waals surface area contributed by atoms with Crippen LogP contribution in [0.3, 0.4) is 0 Å². The van der Waals surface area contributed by atoms with Gasteiger partial charge in [-0.3, -0.25) is 0 Å². The van der Waals surface area contributed by atoms with Crippen molar-refractivity contribution in [3.05, 3.63) is 48.0 Å². The molecule has 3 nitrogen and oxygen atoms in total. The van der Waals surface area contributed by atoms with Crippen LogP contribution in [0, 0.1) is 0 Å². The zero-order valence-electron chi connectivity index (χ0n) is 11.6. The van der Waals surface area contributed by atoms with Gasteiger partial charge in [0, 0.05) is 0 Å². The summed E-state index contributed by atoms with van der Waals surface area (Å²) in [5, 5.41) is 1.31. The Morgan fingerprint density at radius 3 is 2.22 bits per heavy atom. The molecule has 1 atom stereocenters. The second kappa shape index (κ2) is 6.11. The first-order valence-electron chi connectivity index (χ1n) is 6.49. The molecule has 0 saturated carbocycles. The molecule has 1 unspecified atom stereocenters. The molecule has 0 amide bonds. The topological polar surface area (TPSA) is 52.3 Å². The third kappa shape index (κ3) is 3.76. The Kier molecular flexibility index (Phi) is 4.56. The lowest BCUT2D eigenvalue weighted by Gasteiger charge is -2.27. The summed E-state index contributed by atoms with van der Waals surface area (Å²) in [4.78, 5) is 11.8. The van der Waals surface area contributed by atoms with E-state index in [0.29, 0.717) is 5.39 Å². The van der Waals surface area contributed by atoms with Gasteiger partial charge in [-0.2, -0.15) is 13.2 Å². The van der Waals surface area contributed by atoms with E-state index in [-0.39, 0.29) is 5.56 Å². The summed E-state index contributed by atoms with van der Waals surface area (Å²) in [6.07, 6.45) is -9.03. The predicted molar refractivity (Wildman–Crippen MR) is 73.2 cm³/mol. The van der Waals surface area contributed by atoms with E-state index in [1.165, 1.54) is 18.2 Å². The molecule has 0 aromatic heterocycles. The van der Waals surface area contributed by atoms with Gasteiger partial charge in [-0.05, 0) is 22.9 Å². The molecule has 0 heterocycles. The van der Waals surface area contributed by atoms with E-state index in [1.807, 2.05) is 0 Å². The van der Waals surface area contributed by atoms with Gasteiger partial charge in [0.2, 0.25) is 0 Å². The fraction of sp³-hybridized carbons (Fsp3) is 0.267. The average molecular weight is 333 g/mol. The second-order valence-corrected chi connectivity index (χ2v) is 4.85. The maximum atomic E-state index is 13.3. The van der Waals surface area contributed by atoms with Gasteiger partial charge in [-0.15, -0.1) is 0 Å². The fourth-order valence-electron chi connectivity index (χ4n) is 1.99. The molecule has 0 radical (unpaired) electrons. The van der Waals surface area contributed by atoms with Crippen LogP contribution < -0.4 is 5.73 Å². The van der Waals surface area contributed by atoms with Crippen molar-refractivity contribution in [3.8, 4) is 0 Å². The van der Waals surface area contributed by atoms with Crippen LogP contribution in [0.15, 0.2) is 42.5 Å². The maximum absolute atomic E-state index is 13.3. The van der Waals surface area contributed by atoms with Gasteiger partial charge >= 0.3 is 18.1 Å². The molecule has 8 heteroatoms. The lowest BCUT2D eigenvalue weighted by molar-refractivity contribution is -0.265. The standard InChI is InChI=1S/C15H12F5NO2/c16-14(17,8-21)13(15(18,19)20)23-12(22)11-6-5-9-3-1-2-4-10(9)7-11/h1-7,13H,8,21H2. The minimum absolute atomic E-state index is 0.259. The number of carbonyl (C=O) groups is 1. The third-order valence-corrected chi connectivity index (χ3v) is 3.16. The number of esters is 1. The highest BCUT2D eigenvalue weighted by molar-refractivity contribution is 5.95. The smallest absolute Gasteiger partial charge is 0.431 e. The number of hydrogen-bond acceptors (Lipinski definition) is 3. The minimum Gasteiger partial charge on any atom is -0.442 e. The molecule has 0 aliphatic heterocycles. The van der Waals surface area contributed by atoms with Gasteiger partial charge in [0.1, 0.15) is 0 Å². The van der Waals surface area contributed by atoms with Crippen LogP contribution in [0.25, 0.3) is 10.8 Å². The lowest BCUT2D eigenvalue weighted by atomic mass is 10.1.